The molecule has 6 aromatic carbocycles. The summed E-state index contributed by atoms with van der Waals surface area (Å²) in [5.74, 6) is 0. The lowest BCUT2D eigenvalue weighted by atomic mass is 10.0. The molecule has 0 N–H and O–H groups in total. The van der Waals surface area contributed by atoms with Gasteiger partial charge >= 0.3 is 8.80 Å². The Morgan fingerprint density at radius 2 is 0.551 bits per heavy atom. The highest BCUT2D eigenvalue weighted by atomic mass is 28.5. The maximum Gasteiger partial charge on any atom is 0.473 e. The van der Waals surface area contributed by atoms with Crippen LogP contribution in [0.2, 0.25) is 5.54 Å². The maximum atomic E-state index is 8.00. The Balaban J connectivity index is 1.45. The smallest absolute Gasteiger partial charge is 0.410 e. The van der Waals surface area contributed by atoms with Gasteiger partial charge in [-0.2, -0.15) is 0 Å². The van der Waals surface area contributed by atoms with Gasteiger partial charge in [0, 0.05) is 5.54 Å². The van der Waals surface area contributed by atoms with Gasteiger partial charge in [-0.15, -0.1) is 0 Å². The van der Waals surface area contributed by atoms with E-state index in [1.165, 1.54) is 50.4 Å². The molecule has 0 amide bonds. The minimum absolute atomic E-state index is 0.216. The van der Waals surface area contributed by atoms with Crippen molar-refractivity contribution in [1.82, 2.24) is 0 Å². The van der Waals surface area contributed by atoms with E-state index in [0.717, 1.165) is 12.8 Å². The van der Waals surface area contributed by atoms with E-state index in [9.17, 15) is 0 Å². The molecule has 0 aliphatic heterocycles. The van der Waals surface area contributed by atoms with E-state index < -0.39 is 35.9 Å². The second kappa shape index (κ2) is 16.6. The van der Waals surface area contributed by atoms with Crippen molar-refractivity contribution in [3.05, 3.63) is 182 Å². The van der Waals surface area contributed by atoms with Crippen molar-refractivity contribution < 1.29 is 12.3 Å². The topological polar surface area (TPSA) is 27.7 Å². The Bertz CT molecular complexity index is 1500. The van der Waals surface area contributed by atoms with Crippen molar-refractivity contribution in [1.29, 1.82) is 0 Å². The van der Waals surface area contributed by atoms with E-state index in [1.54, 1.807) is 0 Å². The molecule has 7 heteroatoms. The molecular weight excluding hydrogens is 665 g/mol. The summed E-state index contributed by atoms with van der Waals surface area (Å²) in [6, 6.07) is 65.3. The number of hydrogen-bond acceptors (Lipinski definition) is 3. The lowest BCUT2D eigenvalue weighted by Crippen LogP contribution is -2.68. The molecule has 0 atom stereocenters. The Hall–Kier alpha value is -3.93. The van der Waals surface area contributed by atoms with Crippen LogP contribution in [0.4, 0.5) is 0 Å². The summed E-state index contributed by atoms with van der Waals surface area (Å²) in [5, 5.41) is 7.52. The predicted octanol–water partition coefficient (Wildman–Crippen LogP) is 4.92. The fourth-order valence-electron chi connectivity index (χ4n) is 7.07. The Morgan fingerprint density at radius 3 is 0.776 bits per heavy atom. The Labute approximate surface area is 297 Å². The molecule has 1 aliphatic carbocycles. The van der Waals surface area contributed by atoms with Crippen LogP contribution in [0.5, 0.6) is 0 Å². The van der Waals surface area contributed by atoms with E-state index >= 15 is 0 Å². The second-order valence-corrected chi connectivity index (χ2v) is 24.0. The van der Waals surface area contributed by atoms with Crippen molar-refractivity contribution in [3.8, 4) is 0 Å². The SMILES string of the molecule is c1ccc([SiH](O[Si](O[SiH](c2ccccc2)c2ccccc2)(O[SiH](c2ccccc2)c2ccccc2)C2CCCCC2)c2ccccc2)cc1. The molecule has 7 rings (SSSR count). The summed E-state index contributed by atoms with van der Waals surface area (Å²) in [7, 11) is -10.3. The molecule has 0 aromatic heterocycles. The minimum Gasteiger partial charge on any atom is -0.410 e. The van der Waals surface area contributed by atoms with E-state index in [2.05, 4.69) is 182 Å². The number of hydrogen-bond donors (Lipinski definition) is 0. The lowest BCUT2D eigenvalue weighted by Gasteiger charge is -2.44. The van der Waals surface area contributed by atoms with Crippen LogP contribution >= 0.6 is 0 Å². The molecule has 0 radical (unpaired) electrons. The molecule has 0 saturated heterocycles. The van der Waals surface area contributed by atoms with Gasteiger partial charge in [-0.05, 0) is 44.0 Å². The summed E-state index contributed by atoms with van der Waals surface area (Å²) in [4.78, 5) is 0. The molecule has 0 spiro atoms. The molecule has 1 aliphatic rings. The van der Waals surface area contributed by atoms with Crippen molar-refractivity contribution in [3.63, 3.8) is 0 Å². The average molecular weight is 709 g/mol. The molecule has 1 fully saturated rings. The largest absolute Gasteiger partial charge is 0.473 e. The van der Waals surface area contributed by atoms with Crippen molar-refractivity contribution in [2.24, 2.45) is 0 Å². The monoisotopic (exact) mass is 708 g/mol. The summed E-state index contributed by atoms with van der Waals surface area (Å²) < 4.78 is 24.0. The maximum absolute atomic E-state index is 8.00. The van der Waals surface area contributed by atoms with Crippen LogP contribution in [0.25, 0.3) is 0 Å². The first-order valence-corrected chi connectivity index (χ1v) is 24.3. The van der Waals surface area contributed by atoms with Crippen LogP contribution in [0, 0.1) is 0 Å². The van der Waals surface area contributed by atoms with Crippen LogP contribution in [0.1, 0.15) is 32.1 Å². The van der Waals surface area contributed by atoms with Gasteiger partial charge in [-0.3, -0.25) is 0 Å². The summed E-state index contributed by atoms with van der Waals surface area (Å²) in [6.07, 6.45) is 5.71. The third-order valence-corrected chi connectivity index (χ3v) is 23.9. The van der Waals surface area contributed by atoms with Crippen LogP contribution < -0.4 is 31.1 Å². The molecule has 3 nitrogen and oxygen atoms in total. The van der Waals surface area contributed by atoms with E-state index in [-0.39, 0.29) is 5.54 Å². The van der Waals surface area contributed by atoms with Crippen molar-refractivity contribution in [2.75, 3.05) is 0 Å². The summed E-state index contributed by atoms with van der Waals surface area (Å²) in [6.45, 7) is 0. The first-order valence-electron chi connectivity index (χ1n) is 17.6. The van der Waals surface area contributed by atoms with Crippen molar-refractivity contribution >= 4 is 67.0 Å². The normalized spacial score (nSPS) is 14.0. The highest BCUT2D eigenvalue weighted by molar-refractivity contribution is 6.95. The van der Waals surface area contributed by atoms with Gasteiger partial charge in [0.05, 0.1) is 0 Å². The molecule has 6 aromatic rings. The van der Waals surface area contributed by atoms with Gasteiger partial charge in [-0.25, -0.2) is 0 Å². The molecular formula is C42H44O3Si4. The fourth-order valence-corrected chi connectivity index (χ4v) is 24.5. The first kappa shape index (κ1) is 33.6. The third kappa shape index (κ3) is 8.28. The van der Waals surface area contributed by atoms with Crippen LogP contribution in [-0.2, 0) is 12.3 Å². The lowest BCUT2D eigenvalue weighted by molar-refractivity contribution is 0.239. The van der Waals surface area contributed by atoms with Gasteiger partial charge in [0.1, 0.15) is 0 Å². The van der Waals surface area contributed by atoms with E-state index in [0.29, 0.717) is 0 Å². The zero-order chi connectivity index (χ0) is 33.1. The molecule has 246 valence electrons. The van der Waals surface area contributed by atoms with Gasteiger partial charge in [-0.1, -0.05) is 201 Å². The van der Waals surface area contributed by atoms with E-state index in [4.69, 9.17) is 12.3 Å². The Kier molecular flexibility index (Phi) is 11.4. The average Bonchev–Trinajstić information content (AvgIpc) is 3.20. The van der Waals surface area contributed by atoms with Gasteiger partial charge in [0.25, 0.3) is 0 Å². The predicted molar refractivity (Wildman–Crippen MR) is 214 cm³/mol. The van der Waals surface area contributed by atoms with E-state index in [1.807, 2.05) is 0 Å². The third-order valence-electron chi connectivity index (χ3n) is 9.57. The fraction of sp³-hybridized carbons (Fsp3) is 0.143. The second-order valence-electron chi connectivity index (χ2n) is 12.9. The number of rotatable bonds is 13. The molecule has 0 heterocycles. The summed E-state index contributed by atoms with van der Waals surface area (Å²) in [5.41, 5.74) is 0.216. The van der Waals surface area contributed by atoms with Crippen LogP contribution in [-0.4, -0.2) is 35.9 Å². The van der Waals surface area contributed by atoms with Gasteiger partial charge < -0.3 is 12.3 Å². The molecule has 49 heavy (non-hydrogen) atoms. The zero-order valence-corrected chi connectivity index (χ0v) is 32.4. The standard InChI is InChI=1S/C42H44O3Si4/c1-8-22-36(23-9-1)46(37-24-10-2-11-25-37)43-49(42-34-20-7-21-35-42,44-47(38-26-12-3-13-27-38)39-28-14-4-15-29-39)45-48(40-30-16-5-17-31-40)41-32-18-6-19-33-41/h1-6,8-19,22-33,42,46-48H,7,20-21,34-35H2. The highest BCUT2D eigenvalue weighted by Gasteiger charge is 2.54. The number of benzene rings is 6. The molecule has 1 saturated carbocycles. The van der Waals surface area contributed by atoms with Crippen LogP contribution in [0.3, 0.4) is 0 Å². The Morgan fingerprint density at radius 1 is 0.327 bits per heavy atom. The molecule has 0 bridgehead atoms. The first-order chi connectivity index (χ1) is 24.3. The van der Waals surface area contributed by atoms with Gasteiger partial charge in [0.15, 0.2) is 0 Å². The van der Waals surface area contributed by atoms with Crippen LogP contribution in [0.15, 0.2) is 182 Å². The highest BCUT2D eigenvalue weighted by Crippen LogP contribution is 2.40. The minimum atomic E-state index is -3.50. The molecule has 0 unspecified atom stereocenters. The van der Waals surface area contributed by atoms with Gasteiger partial charge in [0.2, 0.25) is 27.1 Å². The summed E-state index contributed by atoms with van der Waals surface area (Å²) >= 11 is 0. The van der Waals surface area contributed by atoms with Crippen molar-refractivity contribution in [2.45, 2.75) is 37.6 Å². The zero-order valence-electron chi connectivity index (χ0n) is 27.9. The quantitative estimate of drug-likeness (QED) is 0.160.